The summed E-state index contributed by atoms with van der Waals surface area (Å²) in [7, 11) is 1.94. The number of piperazine rings is 1. The summed E-state index contributed by atoms with van der Waals surface area (Å²) in [5, 5.41) is 0. The molecule has 1 saturated heterocycles. The van der Waals surface area contributed by atoms with Gasteiger partial charge in [0.25, 0.3) is 5.91 Å². The second-order valence-electron chi connectivity index (χ2n) is 8.03. The average molecular weight is 463 g/mol. The molecule has 0 atom stereocenters. The number of halogens is 2. The molecule has 34 heavy (non-hydrogen) atoms. The zero-order chi connectivity index (χ0) is 24.2. The predicted octanol–water partition coefficient (Wildman–Crippen LogP) is 2.75. The van der Waals surface area contributed by atoms with Gasteiger partial charge in [-0.1, -0.05) is 18.8 Å². The highest BCUT2D eigenvalue weighted by Gasteiger charge is 2.27. The summed E-state index contributed by atoms with van der Waals surface area (Å²) in [5.74, 6) is 3.86. The van der Waals surface area contributed by atoms with Crippen molar-refractivity contribution in [2.24, 2.45) is 0 Å². The number of nitrogens with zero attached hydrogens (tertiary/aromatic N) is 5. The molecule has 3 heterocycles. The fourth-order valence-electron chi connectivity index (χ4n) is 3.74. The van der Waals surface area contributed by atoms with Crippen molar-refractivity contribution in [2.45, 2.75) is 13.3 Å². The van der Waals surface area contributed by atoms with Crippen molar-refractivity contribution in [3.05, 3.63) is 70.8 Å². The minimum atomic E-state index is -0.933. The molecule has 1 fully saturated rings. The first-order valence-electron chi connectivity index (χ1n) is 10.9. The Morgan fingerprint density at radius 1 is 1.06 bits per heavy atom. The van der Waals surface area contributed by atoms with E-state index >= 15 is 8.78 Å². The van der Waals surface area contributed by atoms with Gasteiger partial charge in [-0.3, -0.25) is 4.79 Å². The first-order chi connectivity index (χ1) is 16.4. The highest BCUT2D eigenvalue weighted by Crippen LogP contribution is 2.27. The van der Waals surface area contributed by atoms with Gasteiger partial charge in [-0.25, -0.2) is 23.7 Å². The molecule has 2 N–H and O–H groups in total. The zero-order valence-electron chi connectivity index (χ0n) is 19.0. The van der Waals surface area contributed by atoms with E-state index < -0.39 is 23.1 Å². The second-order valence-corrected chi connectivity index (χ2v) is 8.03. The molecule has 0 saturated carbocycles. The molecule has 9 heteroatoms. The molecule has 0 bridgehead atoms. The number of amides is 1. The summed E-state index contributed by atoms with van der Waals surface area (Å²) in [6.45, 7) is 4.04. The molecule has 1 aromatic carbocycles. The summed E-state index contributed by atoms with van der Waals surface area (Å²) in [4.78, 5) is 28.9. The SMILES string of the molecule is CCc1ncnc(-c2cc(F)c(C(=O)N3CCN(C)CC3)c(F)c2)c1C#Cc1ccc(N)nc1. The summed E-state index contributed by atoms with van der Waals surface area (Å²) < 4.78 is 30.2. The van der Waals surface area contributed by atoms with Crippen LogP contribution >= 0.6 is 0 Å². The van der Waals surface area contributed by atoms with E-state index in [1.165, 1.54) is 17.4 Å². The molecule has 7 nitrogen and oxygen atoms in total. The van der Waals surface area contributed by atoms with Crippen LogP contribution in [0.15, 0.2) is 36.8 Å². The first-order valence-corrected chi connectivity index (χ1v) is 10.9. The largest absolute Gasteiger partial charge is 0.384 e. The van der Waals surface area contributed by atoms with Gasteiger partial charge < -0.3 is 15.5 Å². The molecule has 0 spiro atoms. The number of nitrogen functional groups attached to an aromatic ring is 1. The molecule has 174 valence electrons. The predicted molar refractivity (Wildman–Crippen MR) is 125 cm³/mol. The molecule has 4 rings (SSSR count). The van der Waals surface area contributed by atoms with E-state index in [-0.39, 0.29) is 5.56 Å². The highest BCUT2D eigenvalue weighted by molar-refractivity contribution is 5.95. The molecule has 0 aliphatic carbocycles. The molecule has 0 unspecified atom stereocenters. The van der Waals surface area contributed by atoms with Crippen molar-refractivity contribution < 1.29 is 13.6 Å². The average Bonchev–Trinajstić information content (AvgIpc) is 2.83. The summed E-state index contributed by atoms with van der Waals surface area (Å²) in [6.07, 6.45) is 3.42. The van der Waals surface area contributed by atoms with Gasteiger partial charge in [-0.05, 0) is 37.7 Å². The van der Waals surface area contributed by atoms with Crippen LogP contribution in [-0.4, -0.2) is 63.9 Å². The number of carbonyl (C=O) groups is 1. The lowest BCUT2D eigenvalue weighted by atomic mass is 10.0. The Bertz CT molecular complexity index is 1250. The number of hydrogen-bond acceptors (Lipinski definition) is 6. The van der Waals surface area contributed by atoms with Crippen LogP contribution in [0.25, 0.3) is 11.3 Å². The maximum absolute atomic E-state index is 15.1. The molecule has 1 aliphatic heterocycles. The topological polar surface area (TPSA) is 88.2 Å². The highest BCUT2D eigenvalue weighted by atomic mass is 19.1. The van der Waals surface area contributed by atoms with E-state index in [0.717, 1.165) is 12.1 Å². The number of pyridine rings is 1. The number of nitrogens with two attached hydrogens (primary N) is 1. The van der Waals surface area contributed by atoms with E-state index in [2.05, 4.69) is 31.7 Å². The van der Waals surface area contributed by atoms with Crippen LogP contribution in [0.5, 0.6) is 0 Å². The Labute approximate surface area is 196 Å². The summed E-state index contributed by atoms with van der Waals surface area (Å²) in [5.41, 5.74) is 7.25. The van der Waals surface area contributed by atoms with Gasteiger partial charge in [0.1, 0.15) is 29.3 Å². The van der Waals surface area contributed by atoms with Crippen LogP contribution in [0, 0.1) is 23.5 Å². The van der Waals surface area contributed by atoms with Crippen molar-refractivity contribution in [2.75, 3.05) is 39.0 Å². The monoisotopic (exact) mass is 462 g/mol. The van der Waals surface area contributed by atoms with Crippen LogP contribution in [0.3, 0.4) is 0 Å². The number of benzene rings is 1. The number of hydrogen-bond donors (Lipinski definition) is 1. The van der Waals surface area contributed by atoms with Crippen molar-refractivity contribution in [3.63, 3.8) is 0 Å². The van der Waals surface area contributed by atoms with Crippen LogP contribution in [0.4, 0.5) is 14.6 Å². The maximum Gasteiger partial charge on any atom is 0.259 e. The van der Waals surface area contributed by atoms with E-state index in [4.69, 9.17) is 5.73 Å². The summed E-state index contributed by atoms with van der Waals surface area (Å²) in [6, 6.07) is 5.62. The second kappa shape index (κ2) is 9.93. The number of anilines is 1. The van der Waals surface area contributed by atoms with Crippen LogP contribution in [-0.2, 0) is 6.42 Å². The Hall–Kier alpha value is -3.90. The van der Waals surface area contributed by atoms with Gasteiger partial charge >= 0.3 is 0 Å². The fraction of sp³-hybridized carbons (Fsp3) is 0.280. The van der Waals surface area contributed by atoms with E-state index in [1.807, 2.05) is 14.0 Å². The van der Waals surface area contributed by atoms with Crippen molar-refractivity contribution in [3.8, 4) is 23.1 Å². The Kier molecular flexibility index (Phi) is 6.80. The number of rotatable bonds is 3. The first kappa shape index (κ1) is 23.3. The number of aromatic nitrogens is 3. The third-order valence-corrected chi connectivity index (χ3v) is 5.70. The maximum atomic E-state index is 15.1. The fourth-order valence-corrected chi connectivity index (χ4v) is 3.74. The molecular weight excluding hydrogens is 438 g/mol. The molecule has 3 aromatic rings. The van der Waals surface area contributed by atoms with Crippen LogP contribution < -0.4 is 5.73 Å². The lowest BCUT2D eigenvalue weighted by Crippen LogP contribution is -2.47. The minimum Gasteiger partial charge on any atom is -0.384 e. The minimum absolute atomic E-state index is 0.182. The molecule has 1 amide bonds. The lowest BCUT2D eigenvalue weighted by molar-refractivity contribution is 0.0654. The Morgan fingerprint density at radius 2 is 1.76 bits per heavy atom. The van der Waals surface area contributed by atoms with E-state index in [0.29, 0.717) is 60.9 Å². The quantitative estimate of drug-likeness (QED) is 0.603. The number of carbonyl (C=O) groups excluding carboxylic acids is 1. The van der Waals surface area contributed by atoms with Crippen molar-refractivity contribution in [1.29, 1.82) is 0 Å². The smallest absolute Gasteiger partial charge is 0.259 e. The van der Waals surface area contributed by atoms with Gasteiger partial charge in [-0.2, -0.15) is 0 Å². The summed E-state index contributed by atoms with van der Waals surface area (Å²) >= 11 is 0. The molecule has 2 aromatic heterocycles. The third kappa shape index (κ3) is 4.87. The molecule has 0 radical (unpaired) electrons. The van der Waals surface area contributed by atoms with Crippen LogP contribution in [0.1, 0.15) is 34.1 Å². The zero-order valence-corrected chi connectivity index (χ0v) is 19.0. The Balaban J connectivity index is 1.72. The van der Waals surface area contributed by atoms with Crippen LogP contribution in [0.2, 0.25) is 0 Å². The van der Waals surface area contributed by atoms with Gasteiger partial charge in [0, 0.05) is 43.5 Å². The normalized spacial score (nSPS) is 13.9. The van der Waals surface area contributed by atoms with E-state index in [1.54, 1.807) is 12.1 Å². The third-order valence-electron chi connectivity index (χ3n) is 5.70. The lowest BCUT2D eigenvalue weighted by Gasteiger charge is -2.32. The van der Waals surface area contributed by atoms with Gasteiger partial charge in [-0.15, -0.1) is 0 Å². The Morgan fingerprint density at radius 3 is 2.38 bits per heavy atom. The van der Waals surface area contributed by atoms with E-state index in [9.17, 15) is 4.79 Å². The van der Waals surface area contributed by atoms with Gasteiger partial charge in [0.05, 0.1) is 17.0 Å². The van der Waals surface area contributed by atoms with Gasteiger partial charge in [0.2, 0.25) is 0 Å². The van der Waals surface area contributed by atoms with Gasteiger partial charge in [0.15, 0.2) is 0 Å². The molecular formula is C25H24F2N6O. The molecule has 1 aliphatic rings. The van der Waals surface area contributed by atoms with Crippen molar-refractivity contribution >= 4 is 11.7 Å². The standard InChI is InChI=1S/C25H24F2N6O/c1-3-21-18(6-4-16-5-7-22(28)29-14-16)24(31-15-30-21)17-12-19(26)23(20(27)13-17)25(34)33-10-8-32(2)9-11-33/h5,7,12-15H,3,8-11H2,1-2H3,(H2,28,29). The number of likely N-dealkylation sites (N-methyl/N-ethyl adjacent to an activating group) is 1. The number of aryl methyl sites for hydroxylation is 1. The van der Waals surface area contributed by atoms with Crippen molar-refractivity contribution in [1.82, 2.24) is 24.8 Å².